The minimum atomic E-state index is -1.06. The number of carbonyl (C=O) groups is 1. The number of hydrogen-bond donors (Lipinski definition) is 2. The smallest absolute Gasteiger partial charge is 0.244 e. The Morgan fingerprint density at radius 2 is 1.80 bits per heavy atom. The van der Waals surface area contributed by atoms with Crippen molar-refractivity contribution in [2.75, 3.05) is 5.32 Å². The predicted molar refractivity (Wildman–Crippen MR) is 73.1 cm³/mol. The monoisotopic (exact) mass is 276 g/mol. The summed E-state index contributed by atoms with van der Waals surface area (Å²) in [4.78, 5) is 11.5. The van der Waals surface area contributed by atoms with Crippen LogP contribution in [0.5, 0.6) is 0 Å². The second-order valence-corrected chi connectivity index (χ2v) is 4.51. The van der Waals surface area contributed by atoms with Crippen molar-refractivity contribution >= 4 is 11.6 Å². The zero-order valence-electron chi connectivity index (χ0n) is 10.9. The van der Waals surface area contributed by atoms with Crippen molar-refractivity contribution in [3.63, 3.8) is 0 Å². The molecule has 1 amide bonds. The van der Waals surface area contributed by atoms with Crippen molar-refractivity contribution < 1.29 is 13.6 Å². The molecule has 3 N–H and O–H groups in total. The van der Waals surface area contributed by atoms with Crippen molar-refractivity contribution in [3.8, 4) is 0 Å². The van der Waals surface area contributed by atoms with Gasteiger partial charge >= 0.3 is 0 Å². The van der Waals surface area contributed by atoms with Crippen LogP contribution in [0.1, 0.15) is 17.2 Å². The van der Waals surface area contributed by atoms with Gasteiger partial charge in [0.15, 0.2) is 0 Å². The first-order valence-electron chi connectivity index (χ1n) is 6.05. The third-order valence-electron chi connectivity index (χ3n) is 2.92. The van der Waals surface area contributed by atoms with Crippen LogP contribution in [0.25, 0.3) is 0 Å². The summed E-state index contributed by atoms with van der Waals surface area (Å²) in [6.45, 7) is 1.93. The van der Waals surface area contributed by atoms with E-state index in [0.717, 1.165) is 17.7 Å². The largest absolute Gasteiger partial charge is 0.370 e. The number of aryl methyl sites for hydroxylation is 1. The van der Waals surface area contributed by atoms with E-state index >= 15 is 0 Å². The summed E-state index contributed by atoms with van der Waals surface area (Å²) >= 11 is 0. The van der Waals surface area contributed by atoms with Gasteiger partial charge in [-0.1, -0.05) is 23.8 Å². The molecule has 1 unspecified atom stereocenters. The third kappa shape index (κ3) is 3.12. The number of amides is 1. The number of carbonyl (C=O) groups excluding carboxylic acids is 1. The van der Waals surface area contributed by atoms with Crippen LogP contribution in [0.2, 0.25) is 0 Å². The standard InChI is InChI=1S/C15H14F2N2O/c1-9-2-5-11(6-3-9)19-14(15(18)20)12-7-4-10(16)8-13(12)17/h2-8,14,19H,1H3,(H2,18,20). The van der Waals surface area contributed by atoms with E-state index in [4.69, 9.17) is 5.73 Å². The summed E-state index contributed by atoms with van der Waals surface area (Å²) in [5, 5.41) is 2.85. The van der Waals surface area contributed by atoms with Gasteiger partial charge in [-0.25, -0.2) is 8.78 Å². The number of nitrogens with one attached hydrogen (secondary N) is 1. The SMILES string of the molecule is Cc1ccc(NC(C(N)=O)c2ccc(F)cc2F)cc1. The fourth-order valence-electron chi connectivity index (χ4n) is 1.85. The first-order valence-corrected chi connectivity index (χ1v) is 6.05. The molecule has 0 saturated heterocycles. The third-order valence-corrected chi connectivity index (χ3v) is 2.92. The van der Waals surface area contributed by atoms with Gasteiger partial charge in [0.2, 0.25) is 5.91 Å². The van der Waals surface area contributed by atoms with Gasteiger partial charge in [0.1, 0.15) is 17.7 Å². The summed E-state index contributed by atoms with van der Waals surface area (Å²) in [5.41, 5.74) is 6.99. The highest BCUT2D eigenvalue weighted by atomic mass is 19.1. The molecular weight excluding hydrogens is 262 g/mol. The molecule has 2 aromatic rings. The zero-order chi connectivity index (χ0) is 14.7. The highest BCUT2D eigenvalue weighted by Crippen LogP contribution is 2.23. The number of halogens is 2. The Kier molecular flexibility index (Phi) is 3.98. The quantitative estimate of drug-likeness (QED) is 0.902. The van der Waals surface area contributed by atoms with E-state index in [9.17, 15) is 13.6 Å². The lowest BCUT2D eigenvalue weighted by atomic mass is 10.0. The van der Waals surface area contributed by atoms with Crippen LogP contribution in [-0.4, -0.2) is 5.91 Å². The number of nitrogens with two attached hydrogens (primary N) is 1. The van der Waals surface area contributed by atoms with Crippen LogP contribution in [0.4, 0.5) is 14.5 Å². The van der Waals surface area contributed by atoms with E-state index in [0.29, 0.717) is 5.69 Å². The van der Waals surface area contributed by atoms with Crippen molar-refractivity contribution in [1.29, 1.82) is 0 Å². The average Bonchev–Trinajstić information content (AvgIpc) is 2.39. The molecule has 0 aliphatic rings. The summed E-state index contributed by atoms with van der Waals surface area (Å²) < 4.78 is 26.6. The molecule has 0 fully saturated rings. The van der Waals surface area contributed by atoms with Crippen molar-refractivity contribution in [1.82, 2.24) is 0 Å². The van der Waals surface area contributed by atoms with Gasteiger partial charge in [-0.15, -0.1) is 0 Å². The lowest BCUT2D eigenvalue weighted by molar-refractivity contribution is -0.118. The van der Waals surface area contributed by atoms with Crippen LogP contribution in [0, 0.1) is 18.6 Å². The molecule has 0 saturated carbocycles. The normalized spacial score (nSPS) is 11.9. The van der Waals surface area contributed by atoms with E-state index in [1.54, 1.807) is 12.1 Å². The maximum atomic E-state index is 13.7. The van der Waals surface area contributed by atoms with Gasteiger partial charge in [0.05, 0.1) is 0 Å². The molecule has 0 heterocycles. The highest BCUT2D eigenvalue weighted by molar-refractivity contribution is 5.84. The van der Waals surface area contributed by atoms with Crippen LogP contribution >= 0.6 is 0 Å². The maximum absolute atomic E-state index is 13.7. The van der Waals surface area contributed by atoms with E-state index < -0.39 is 23.6 Å². The minimum absolute atomic E-state index is 0.0134. The van der Waals surface area contributed by atoms with E-state index in [1.165, 1.54) is 6.07 Å². The van der Waals surface area contributed by atoms with Gasteiger partial charge in [0.25, 0.3) is 0 Å². The average molecular weight is 276 g/mol. The maximum Gasteiger partial charge on any atom is 0.244 e. The summed E-state index contributed by atoms with van der Waals surface area (Å²) in [7, 11) is 0. The van der Waals surface area contributed by atoms with Gasteiger partial charge in [-0.2, -0.15) is 0 Å². The lowest BCUT2D eigenvalue weighted by Crippen LogP contribution is -2.28. The van der Waals surface area contributed by atoms with E-state index in [2.05, 4.69) is 5.32 Å². The first-order chi connectivity index (χ1) is 9.47. The van der Waals surface area contributed by atoms with Crippen LogP contribution in [0.3, 0.4) is 0 Å². The number of benzene rings is 2. The Hall–Kier alpha value is -2.43. The van der Waals surface area contributed by atoms with E-state index in [-0.39, 0.29) is 5.56 Å². The highest BCUT2D eigenvalue weighted by Gasteiger charge is 2.21. The topological polar surface area (TPSA) is 55.1 Å². The van der Waals surface area contributed by atoms with Crippen LogP contribution in [0.15, 0.2) is 42.5 Å². The molecule has 20 heavy (non-hydrogen) atoms. The molecule has 0 spiro atoms. The summed E-state index contributed by atoms with van der Waals surface area (Å²) in [6, 6.07) is 9.18. The molecule has 0 bridgehead atoms. The molecule has 0 aliphatic carbocycles. The molecular formula is C15H14F2N2O. The second kappa shape index (κ2) is 5.69. The van der Waals surface area contributed by atoms with Crippen LogP contribution < -0.4 is 11.1 Å². The van der Waals surface area contributed by atoms with Crippen LogP contribution in [-0.2, 0) is 4.79 Å². The second-order valence-electron chi connectivity index (χ2n) is 4.51. The number of anilines is 1. The molecule has 3 nitrogen and oxygen atoms in total. The predicted octanol–water partition coefficient (Wildman–Crippen LogP) is 2.91. The first kappa shape index (κ1) is 14.0. The molecule has 0 radical (unpaired) electrons. The number of hydrogen-bond acceptors (Lipinski definition) is 2. The van der Waals surface area contributed by atoms with Crippen molar-refractivity contribution in [2.24, 2.45) is 5.73 Å². The van der Waals surface area contributed by atoms with Crippen molar-refractivity contribution in [3.05, 3.63) is 65.2 Å². The number of rotatable bonds is 4. The molecule has 5 heteroatoms. The van der Waals surface area contributed by atoms with E-state index in [1.807, 2.05) is 19.1 Å². The Labute approximate surface area is 115 Å². The van der Waals surface area contributed by atoms with Gasteiger partial charge in [-0.05, 0) is 25.1 Å². The molecule has 0 aliphatic heterocycles. The van der Waals surface area contributed by atoms with Gasteiger partial charge < -0.3 is 11.1 Å². The summed E-state index contributed by atoms with van der Waals surface area (Å²) in [5.74, 6) is -2.26. The Morgan fingerprint density at radius 1 is 1.15 bits per heavy atom. The minimum Gasteiger partial charge on any atom is -0.370 e. The molecule has 2 aromatic carbocycles. The van der Waals surface area contributed by atoms with Crippen molar-refractivity contribution in [2.45, 2.75) is 13.0 Å². The lowest BCUT2D eigenvalue weighted by Gasteiger charge is -2.18. The molecule has 2 rings (SSSR count). The summed E-state index contributed by atoms with van der Waals surface area (Å²) in [6.07, 6.45) is 0. The van der Waals surface area contributed by atoms with Gasteiger partial charge in [-0.3, -0.25) is 4.79 Å². The number of primary amides is 1. The molecule has 0 aromatic heterocycles. The molecule has 104 valence electrons. The Morgan fingerprint density at radius 3 is 2.35 bits per heavy atom. The molecule has 1 atom stereocenters. The fraction of sp³-hybridized carbons (Fsp3) is 0.133. The Bertz CT molecular complexity index is 626. The zero-order valence-corrected chi connectivity index (χ0v) is 10.9. The van der Waals surface area contributed by atoms with Gasteiger partial charge in [0, 0.05) is 17.3 Å². The Balaban J connectivity index is 2.31. The fourth-order valence-corrected chi connectivity index (χ4v) is 1.85.